The standard InChI is InChI=1S/C22H23NO4/c1-15(22(23)24)27-21-10-7-18-13-17(3-4-19(18)14-21)16-5-8-20(9-6-16)26-12-11-25-2/h3-10,13-15H,11-12H2,1-2H3,(H2,23,24). The highest BCUT2D eigenvalue weighted by atomic mass is 16.5. The highest BCUT2D eigenvalue weighted by Crippen LogP contribution is 2.28. The van der Waals surface area contributed by atoms with Crippen molar-refractivity contribution in [2.24, 2.45) is 5.73 Å². The second-order valence-corrected chi connectivity index (χ2v) is 6.25. The van der Waals surface area contributed by atoms with Crippen LogP contribution < -0.4 is 15.2 Å². The van der Waals surface area contributed by atoms with Crippen molar-refractivity contribution >= 4 is 16.7 Å². The first kappa shape index (κ1) is 18.7. The van der Waals surface area contributed by atoms with E-state index >= 15 is 0 Å². The van der Waals surface area contributed by atoms with Crippen molar-refractivity contribution in [2.45, 2.75) is 13.0 Å². The number of hydrogen-bond acceptors (Lipinski definition) is 4. The number of nitrogens with two attached hydrogens (primary N) is 1. The van der Waals surface area contributed by atoms with E-state index in [1.165, 1.54) is 0 Å². The van der Waals surface area contributed by atoms with Gasteiger partial charge in [-0.25, -0.2) is 0 Å². The van der Waals surface area contributed by atoms with E-state index in [1.54, 1.807) is 14.0 Å². The fraction of sp³-hybridized carbons (Fsp3) is 0.227. The van der Waals surface area contributed by atoms with Crippen molar-refractivity contribution in [1.29, 1.82) is 0 Å². The normalized spacial score (nSPS) is 11.9. The van der Waals surface area contributed by atoms with Crippen molar-refractivity contribution in [3.05, 3.63) is 60.7 Å². The molecule has 3 rings (SSSR count). The molecule has 2 N–H and O–H groups in total. The summed E-state index contributed by atoms with van der Waals surface area (Å²) >= 11 is 0. The summed E-state index contributed by atoms with van der Waals surface area (Å²) in [5, 5.41) is 2.12. The first-order valence-corrected chi connectivity index (χ1v) is 8.79. The molecule has 3 aromatic carbocycles. The molecule has 0 radical (unpaired) electrons. The molecule has 0 aromatic heterocycles. The van der Waals surface area contributed by atoms with Crippen LogP contribution in [-0.2, 0) is 9.53 Å². The smallest absolute Gasteiger partial charge is 0.258 e. The number of amides is 1. The zero-order valence-electron chi connectivity index (χ0n) is 15.5. The third-order valence-electron chi connectivity index (χ3n) is 4.27. The Morgan fingerprint density at radius 1 is 0.889 bits per heavy atom. The molecule has 0 aliphatic rings. The minimum Gasteiger partial charge on any atom is -0.491 e. The van der Waals surface area contributed by atoms with Crippen LogP contribution in [0.15, 0.2) is 60.7 Å². The SMILES string of the molecule is COCCOc1ccc(-c2ccc3cc(OC(C)C(N)=O)ccc3c2)cc1. The summed E-state index contributed by atoms with van der Waals surface area (Å²) in [5.41, 5.74) is 7.47. The maximum atomic E-state index is 11.1. The Morgan fingerprint density at radius 3 is 2.22 bits per heavy atom. The Balaban J connectivity index is 1.77. The van der Waals surface area contributed by atoms with E-state index in [9.17, 15) is 4.79 Å². The molecule has 27 heavy (non-hydrogen) atoms. The van der Waals surface area contributed by atoms with Crippen LogP contribution in [0.25, 0.3) is 21.9 Å². The number of carbonyl (C=O) groups is 1. The molecular formula is C22H23NO4. The number of primary amides is 1. The topological polar surface area (TPSA) is 70.8 Å². The van der Waals surface area contributed by atoms with Gasteiger partial charge in [0.05, 0.1) is 6.61 Å². The predicted molar refractivity (Wildman–Crippen MR) is 106 cm³/mol. The van der Waals surface area contributed by atoms with Crippen LogP contribution >= 0.6 is 0 Å². The second-order valence-electron chi connectivity index (χ2n) is 6.25. The Morgan fingerprint density at radius 2 is 1.52 bits per heavy atom. The van der Waals surface area contributed by atoms with Gasteiger partial charge in [-0.3, -0.25) is 4.79 Å². The molecule has 1 unspecified atom stereocenters. The monoisotopic (exact) mass is 365 g/mol. The largest absolute Gasteiger partial charge is 0.491 e. The summed E-state index contributed by atoms with van der Waals surface area (Å²) in [6.45, 7) is 2.74. The quantitative estimate of drug-likeness (QED) is 0.617. The van der Waals surface area contributed by atoms with Crippen molar-refractivity contribution in [3.8, 4) is 22.6 Å². The number of hydrogen-bond donors (Lipinski definition) is 1. The molecule has 0 spiro atoms. The summed E-state index contributed by atoms with van der Waals surface area (Å²) in [5.74, 6) is 0.959. The molecule has 1 atom stereocenters. The summed E-state index contributed by atoms with van der Waals surface area (Å²) in [6.07, 6.45) is -0.661. The molecule has 0 aliphatic carbocycles. The van der Waals surface area contributed by atoms with Gasteiger partial charge in [0.15, 0.2) is 6.10 Å². The van der Waals surface area contributed by atoms with Crippen LogP contribution in [0, 0.1) is 0 Å². The van der Waals surface area contributed by atoms with Crippen molar-refractivity contribution in [2.75, 3.05) is 20.3 Å². The lowest BCUT2D eigenvalue weighted by Gasteiger charge is -2.12. The molecule has 1 amide bonds. The molecule has 0 saturated heterocycles. The second kappa shape index (κ2) is 8.56. The van der Waals surface area contributed by atoms with Gasteiger partial charge in [-0.1, -0.05) is 30.3 Å². The number of ether oxygens (including phenoxy) is 3. The van der Waals surface area contributed by atoms with Crippen LogP contribution in [0.5, 0.6) is 11.5 Å². The average Bonchev–Trinajstić information content (AvgIpc) is 2.68. The minimum absolute atomic E-state index is 0.486. The van der Waals surface area contributed by atoms with Gasteiger partial charge >= 0.3 is 0 Å². The molecule has 0 bridgehead atoms. The number of carbonyl (C=O) groups excluding carboxylic acids is 1. The van der Waals surface area contributed by atoms with Crippen molar-refractivity contribution in [3.63, 3.8) is 0 Å². The van der Waals surface area contributed by atoms with E-state index in [0.717, 1.165) is 27.6 Å². The van der Waals surface area contributed by atoms with Gasteiger partial charge in [0, 0.05) is 7.11 Å². The zero-order valence-corrected chi connectivity index (χ0v) is 15.5. The molecule has 0 aliphatic heterocycles. The number of fused-ring (bicyclic) bond motifs is 1. The maximum Gasteiger partial charge on any atom is 0.258 e. The summed E-state index contributed by atoms with van der Waals surface area (Å²) in [7, 11) is 1.65. The summed E-state index contributed by atoms with van der Waals surface area (Å²) in [6, 6.07) is 19.9. The van der Waals surface area contributed by atoms with Gasteiger partial charge < -0.3 is 19.9 Å². The summed E-state index contributed by atoms with van der Waals surface area (Å²) in [4.78, 5) is 11.1. The van der Waals surface area contributed by atoms with E-state index in [2.05, 4.69) is 12.1 Å². The van der Waals surface area contributed by atoms with Crippen LogP contribution in [0.2, 0.25) is 0 Å². The van der Waals surface area contributed by atoms with Gasteiger partial charge in [-0.15, -0.1) is 0 Å². The van der Waals surface area contributed by atoms with Gasteiger partial charge in [0.2, 0.25) is 0 Å². The Labute approximate surface area is 158 Å². The lowest BCUT2D eigenvalue weighted by atomic mass is 10.0. The van der Waals surface area contributed by atoms with Gasteiger partial charge in [0.25, 0.3) is 5.91 Å². The first-order valence-electron chi connectivity index (χ1n) is 8.79. The van der Waals surface area contributed by atoms with E-state index < -0.39 is 12.0 Å². The Hall–Kier alpha value is -3.05. The Bertz CT molecular complexity index is 921. The summed E-state index contributed by atoms with van der Waals surface area (Å²) < 4.78 is 16.1. The van der Waals surface area contributed by atoms with Crippen LogP contribution in [0.3, 0.4) is 0 Å². The lowest BCUT2D eigenvalue weighted by molar-refractivity contribution is -0.123. The van der Waals surface area contributed by atoms with Crippen LogP contribution in [-0.4, -0.2) is 32.3 Å². The molecular weight excluding hydrogens is 342 g/mol. The van der Waals surface area contributed by atoms with Crippen LogP contribution in [0.1, 0.15) is 6.92 Å². The fourth-order valence-electron chi connectivity index (χ4n) is 2.73. The lowest BCUT2D eigenvalue weighted by Crippen LogP contribution is -2.30. The number of rotatable bonds is 8. The average molecular weight is 365 g/mol. The van der Waals surface area contributed by atoms with Gasteiger partial charge in [-0.05, 0) is 59.2 Å². The molecule has 0 saturated carbocycles. The zero-order chi connectivity index (χ0) is 19.2. The minimum atomic E-state index is -0.661. The third-order valence-corrected chi connectivity index (χ3v) is 4.27. The van der Waals surface area contributed by atoms with Gasteiger partial charge in [-0.2, -0.15) is 0 Å². The molecule has 0 fully saturated rings. The predicted octanol–water partition coefficient (Wildman–Crippen LogP) is 3.78. The highest BCUT2D eigenvalue weighted by Gasteiger charge is 2.10. The molecule has 3 aromatic rings. The van der Waals surface area contributed by atoms with Gasteiger partial charge in [0.1, 0.15) is 18.1 Å². The highest BCUT2D eigenvalue weighted by molar-refractivity contribution is 5.88. The van der Waals surface area contributed by atoms with E-state index in [4.69, 9.17) is 19.9 Å². The third kappa shape index (κ3) is 4.77. The first-order chi connectivity index (χ1) is 13.1. The van der Waals surface area contributed by atoms with E-state index in [0.29, 0.717) is 19.0 Å². The van der Waals surface area contributed by atoms with Crippen molar-refractivity contribution in [1.82, 2.24) is 0 Å². The maximum absolute atomic E-state index is 11.1. The number of benzene rings is 3. The molecule has 0 heterocycles. The molecule has 5 heteroatoms. The molecule has 140 valence electrons. The number of methoxy groups -OCH3 is 1. The van der Waals surface area contributed by atoms with Crippen LogP contribution in [0.4, 0.5) is 0 Å². The van der Waals surface area contributed by atoms with E-state index in [1.807, 2.05) is 48.5 Å². The Kier molecular flexibility index (Phi) is 5.94. The van der Waals surface area contributed by atoms with E-state index in [-0.39, 0.29) is 0 Å². The fourth-order valence-corrected chi connectivity index (χ4v) is 2.73. The van der Waals surface area contributed by atoms with Crippen molar-refractivity contribution < 1.29 is 19.0 Å². The molecule has 5 nitrogen and oxygen atoms in total.